The normalized spacial score (nSPS) is 11.0. The Bertz CT molecular complexity index is 576. The maximum atomic E-state index is 8.66. The molecule has 0 aliphatic carbocycles. The van der Waals surface area contributed by atoms with Gasteiger partial charge in [-0.1, -0.05) is 12.2 Å². The zero-order chi connectivity index (χ0) is 13.0. The highest BCUT2D eigenvalue weighted by Gasteiger charge is 2.08. The Labute approximate surface area is 114 Å². The third-order valence-electron chi connectivity index (χ3n) is 2.40. The topological polar surface area (TPSA) is 58.5 Å². The zero-order valence-electron chi connectivity index (χ0n) is 10.1. The Morgan fingerprint density at radius 2 is 2.22 bits per heavy atom. The van der Waals surface area contributed by atoms with Crippen LogP contribution in [0.2, 0.25) is 0 Å². The number of fused-ring (bicyclic) bond motifs is 1. The van der Waals surface area contributed by atoms with E-state index in [9.17, 15) is 0 Å². The van der Waals surface area contributed by atoms with Gasteiger partial charge in [-0.25, -0.2) is 0 Å². The molecule has 2 aromatic rings. The molecule has 0 amide bonds. The molecule has 0 radical (unpaired) electrons. The van der Waals surface area contributed by atoms with Crippen molar-refractivity contribution < 1.29 is 13.9 Å². The average Bonchev–Trinajstić information content (AvgIpc) is 2.72. The third-order valence-corrected chi connectivity index (χ3v) is 3.66. The number of anilines is 1. The van der Waals surface area contributed by atoms with E-state index in [2.05, 4.69) is 5.32 Å². The highest BCUT2D eigenvalue weighted by molar-refractivity contribution is 7.99. The van der Waals surface area contributed by atoms with E-state index in [1.165, 1.54) is 0 Å². The Kier molecular flexibility index (Phi) is 4.68. The van der Waals surface area contributed by atoms with E-state index in [1.54, 1.807) is 24.1 Å². The summed E-state index contributed by atoms with van der Waals surface area (Å²) < 4.78 is 11.7. The lowest BCUT2D eigenvalue weighted by atomic mass is 10.3. The lowest BCUT2D eigenvalue weighted by Gasteiger charge is -2.05. The fraction of sp³-hybridized carbons (Fsp3) is 0.417. The van der Waals surface area contributed by atoms with E-state index in [1.807, 2.05) is 6.92 Å². The van der Waals surface area contributed by atoms with Crippen molar-refractivity contribution >= 4 is 41.0 Å². The molecular weight excluding hydrogens is 270 g/mol. The molecule has 0 fully saturated rings. The van der Waals surface area contributed by atoms with Gasteiger partial charge in [0.25, 0.3) is 0 Å². The van der Waals surface area contributed by atoms with Crippen molar-refractivity contribution in [3.63, 3.8) is 0 Å². The summed E-state index contributed by atoms with van der Waals surface area (Å²) in [7, 11) is 0. The summed E-state index contributed by atoms with van der Waals surface area (Å²) in [6, 6.07) is 1.76. The second kappa shape index (κ2) is 6.26. The summed E-state index contributed by atoms with van der Waals surface area (Å²) in [5.41, 5.74) is 2.27. The van der Waals surface area contributed by atoms with Crippen molar-refractivity contribution in [1.82, 2.24) is 0 Å². The molecule has 2 aromatic heterocycles. The van der Waals surface area contributed by atoms with Gasteiger partial charge in [-0.2, -0.15) is 11.8 Å². The monoisotopic (exact) mass is 285 g/mol. The number of furan rings is 1. The molecule has 18 heavy (non-hydrogen) atoms. The molecule has 98 valence electrons. The molecule has 4 nitrogen and oxygen atoms in total. The zero-order valence-corrected chi connectivity index (χ0v) is 11.7. The molecule has 0 saturated heterocycles. The van der Waals surface area contributed by atoms with Gasteiger partial charge in [-0.15, -0.1) is 0 Å². The minimum Gasteiger partial charge on any atom is -0.459 e. The predicted molar refractivity (Wildman–Crippen MR) is 77.0 cm³/mol. The molecule has 2 N–H and O–H groups in total. The second-order valence-corrected chi connectivity index (χ2v) is 5.48. The largest absolute Gasteiger partial charge is 0.459 e. The van der Waals surface area contributed by atoms with Crippen LogP contribution < -0.4 is 5.32 Å². The molecule has 0 atom stereocenters. The molecule has 0 aliphatic heterocycles. The molecule has 0 unspecified atom stereocenters. The molecule has 0 saturated carbocycles. The molecule has 0 aliphatic rings. The van der Waals surface area contributed by atoms with Gasteiger partial charge >= 0.3 is 0 Å². The quantitative estimate of drug-likeness (QED) is 0.628. The molecule has 6 heteroatoms. The maximum Gasteiger partial charge on any atom is 0.195 e. The number of nitrogens with one attached hydrogen (secondary N) is 1. The summed E-state index contributed by atoms with van der Waals surface area (Å²) in [5.74, 6) is 2.32. The van der Waals surface area contributed by atoms with Crippen LogP contribution >= 0.6 is 24.0 Å². The van der Waals surface area contributed by atoms with Gasteiger partial charge < -0.3 is 19.3 Å². The van der Waals surface area contributed by atoms with Crippen LogP contribution in [0.1, 0.15) is 5.56 Å². The number of thioether (sulfide) groups is 1. The van der Waals surface area contributed by atoms with Gasteiger partial charge in [0.05, 0.1) is 17.4 Å². The van der Waals surface area contributed by atoms with Crippen LogP contribution in [0.4, 0.5) is 5.88 Å². The summed E-state index contributed by atoms with van der Waals surface area (Å²) in [5, 5.41) is 11.8. The highest BCUT2D eigenvalue weighted by Crippen LogP contribution is 2.25. The third kappa shape index (κ3) is 3.07. The summed E-state index contributed by atoms with van der Waals surface area (Å²) in [6.45, 7) is 2.90. The second-order valence-electron chi connectivity index (χ2n) is 3.81. The molecule has 0 spiro atoms. The van der Waals surface area contributed by atoms with Crippen molar-refractivity contribution in [2.75, 3.05) is 30.0 Å². The van der Waals surface area contributed by atoms with Crippen LogP contribution in [0.5, 0.6) is 0 Å². The summed E-state index contributed by atoms with van der Waals surface area (Å²) in [4.78, 5) is 0. The first-order valence-electron chi connectivity index (χ1n) is 5.67. The number of aliphatic hydroxyl groups excluding tert-OH is 1. The van der Waals surface area contributed by atoms with E-state index in [0.717, 1.165) is 23.6 Å². The van der Waals surface area contributed by atoms with Gasteiger partial charge in [-0.05, 0) is 6.92 Å². The number of aliphatic hydroxyl groups is 1. The maximum absolute atomic E-state index is 8.66. The Balaban J connectivity index is 2.05. The number of aryl methyl sites for hydroxylation is 1. The van der Waals surface area contributed by atoms with Crippen molar-refractivity contribution in [1.29, 1.82) is 0 Å². The van der Waals surface area contributed by atoms with Crippen LogP contribution in [0, 0.1) is 11.4 Å². The first kappa shape index (κ1) is 13.5. The van der Waals surface area contributed by atoms with E-state index >= 15 is 0 Å². The number of hydrogen-bond donors (Lipinski definition) is 2. The van der Waals surface area contributed by atoms with E-state index in [4.69, 9.17) is 26.2 Å². The van der Waals surface area contributed by atoms with Crippen molar-refractivity contribution in [2.24, 2.45) is 0 Å². The highest BCUT2D eigenvalue weighted by atomic mass is 32.2. The average molecular weight is 285 g/mol. The minimum absolute atomic E-state index is 0.214. The summed E-state index contributed by atoms with van der Waals surface area (Å²) >= 11 is 6.93. The number of rotatable bonds is 6. The van der Waals surface area contributed by atoms with Crippen LogP contribution in [0.15, 0.2) is 21.2 Å². The lowest BCUT2D eigenvalue weighted by molar-refractivity contribution is 0.322. The van der Waals surface area contributed by atoms with Crippen molar-refractivity contribution in [3.05, 3.63) is 22.4 Å². The molecule has 2 rings (SSSR count). The van der Waals surface area contributed by atoms with Gasteiger partial charge in [-0.3, -0.25) is 0 Å². The molecule has 0 aromatic carbocycles. The van der Waals surface area contributed by atoms with Crippen LogP contribution in [-0.2, 0) is 0 Å². The fourth-order valence-corrected chi connectivity index (χ4v) is 2.38. The van der Waals surface area contributed by atoms with Gasteiger partial charge in [0.2, 0.25) is 0 Å². The molecular formula is C12H15NO3S2. The minimum atomic E-state index is 0.214. The van der Waals surface area contributed by atoms with E-state index in [0.29, 0.717) is 21.6 Å². The summed E-state index contributed by atoms with van der Waals surface area (Å²) in [6.07, 6.45) is 1.64. The van der Waals surface area contributed by atoms with Crippen molar-refractivity contribution in [2.45, 2.75) is 6.92 Å². The Morgan fingerprint density at radius 3 is 3.00 bits per heavy atom. The van der Waals surface area contributed by atoms with Gasteiger partial charge in [0.1, 0.15) is 0 Å². The van der Waals surface area contributed by atoms with Crippen molar-refractivity contribution in [3.8, 4) is 0 Å². The van der Waals surface area contributed by atoms with E-state index in [-0.39, 0.29) is 6.61 Å². The Morgan fingerprint density at radius 1 is 1.39 bits per heavy atom. The first-order chi connectivity index (χ1) is 8.72. The molecule has 0 bridgehead atoms. The smallest absolute Gasteiger partial charge is 0.195 e. The SMILES string of the molecule is Cc1coc2c(=S)cc(NCCSCCO)oc12. The van der Waals surface area contributed by atoms with Gasteiger partial charge in [0, 0.05) is 29.7 Å². The Hall–Kier alpha value is -0.980. The first-order valence-corrected chi connectivity index (χ1v) is 7.23. The standard InChI is InChI=1S/C12H15NO3S2/c1-8-7-15-12-9(17)6-10(16-11(8)12)13-2-4-18-5-3-14/h6-7,13-14H,2-5H2,1H3. The lowest BCUT2D eigenvalue weighted by Crippen LogP contribution is -2.05. The van der Waals surface area contributed by atoms with Gasteiger partial charge in [0.15, 0.2) is 17.1 Å². The van der Waals surface area contributed by atoms with Crippen LogP contribution in [0.3, 0.4) is 0 Å². The fourth-order valence-electron chi connectivity index (χ4n) is 1.55. The number of hydrogen-bond acceptors (Lipinski definition) is 6. The van der Waals surface area contributed by atoms with E-state index < -0.39 is 0 Å². The van der Waals surface area contributed by atoms with Crippen LogP contribution in [-0.4, -0.2) is 29.8 Å². The van der Waals surface area contributed by atoms with Crippen LogP contribution in [0.25, 0.3) is 11.2 Å². The predicted octanol–water partition coefficient (Wildman–Crippen LogP) is 3.20. The molecule has 2 heterocycles.